The monoisotopic (exact) mass is 382 g/mol. The summed E-state index contributed by atoms with van der Waals surface area (Å²) in [5, 5.41) is 19.6. The van der Waals surface area contributed by atoms with Gasteiger partial charge in [-0.15, -0.1) is 0 Å². The van der Waals surface area contributed by atoms with Crippen molar-refractivity contribution in [2.75, 3.05) is 0 Å². The van der Waals surface area contributed by atoms with Crippen molar-refractivity contribution in [2.24, 2.45) is 0 Å². The molecule has 0 aliphatic heterocycles. The molecular formula is C25H22N2O2. The van der Waals surface area contributed by atoms with Gasteiger partial charge in [-0.1, -0.05) is 23.8 Å². The lowest BCUT2D eigenvalue weighted by Gasteiger charge is -2.15. The summed E-state index contributed by atoms with van der Waals surface area (Å²) in [6, 6.07) is 14.0. The third-order valence-electron chi connectivity index (χ3n) is 5.83. The first-order chi connectivity index (χ1) is 14.1. The van der Waals surface area contributed by atoms with E-state index in [0.717, 1.165) is 41.5 Å². The Morgan fingerprint density at radius 3 is 2.79 bits per heavy atom. The number of para-hydroxylation sites is 1. The van der Waals surface area contributed by atoms with Crippen LogP contribution in [0.2, 0.25) is 0 Å². The minimum Gasteiger partial charge on any atom is -0.456 e. The Kier molecular flexibility index (Phi) is 5.19. The molecule has 0 amide bonds. The van der Waals surface area contributed by atoms with Gasteiger partial charge in [-0.25, -0.2) is 0 Å². The number of allylic oxidation sites excluding steroid dienone is 2. The van der Waals surface area contributed by atoms with Crippen LogP contribution in [0.1, 0.15) is 48.8 Å². The number of hydrogen-bond donors (Lipinski definition) is 0. The van der Waals surface area contributed by atoms with E-state index in [9.17, 15) is 10.1 Å². The van der Waals surface area contributed by atoms with Crippen LogP contribution in [0.3, 0.4) is 0 Å². The van der Waals surface area contributed by atoms with E-state index in [1.165, 1.54) is 5.57 Å². The fraction of sp³-hybridized carbons (Fsp3) is 0.320. The number of fused-ring (bicyclic) bond motifs is 2. The van der Waals surface area contributed by atoms with E-state index in [2.05, 4.69) is 18.2 Å². The summed E-state index contributed by atoms with van der Waals surface area (Å²) in [6.07, 6.45) is 5.37. The molecule has 4 heteroatoms. The van der Waals surface area contributed by atoms with Crippen molar-refractivity contribution < 1.29 is 4.42 Å². The zero-order valence-corrected chi connectivity index (χ0v) is 16.5. The largest absolute Gasteiger partial charge is 0.456 e. The number of benzene rings is 2. The van der Waals surface area contributed by atoms with Crippen molar-refractivity contribution >= 4 is 21.9 Å². The molecule has 1 aliphatic rings. The lowest BCUT2D eigenvalue weighted by molar-refractivity contribution is 0.649. The topological polar surface area (TPSA) is 77.8 Å². The van der Waals surface area contributed by atoms with Gasteiger partial charge < -0.3 is 4.42 Å². The Morgan fingerprint density at radius 1 is 1.17 bits per heavy atom. The van der Waals surface area contributed by atoms with Crippen molar-refractivity contribution in [1.82, 2.24) is 0 Å². The predicted octanol–water partition coefficient (Wildman–Crippen LogP) is 5.65. The molecule has 0 saturated heterocycles. The molecule has 0 bridgehead atoms. The maximum atomic E-state index is 13.2. The van der Waals surface area contributed by atoms with Crippen LogP contribution in [0.25, 0.3) is 21.9 Å². The number of rotatable bonds is 5. The van der Waals surface area contributed by atoms with E-state index < -0.39 is 0 Å². The summed E-state index contributed by atoms with van der Waals surface area (Å²) < 4.78 is 6.26. The second-order valence-corrected chi connectivity index (χ2v) is 7.70. The maximum Gasteiger partial charge on any atom is 0.200 e. The molecule has 29 heavy (non-hydrogen) atoms. The lowest BCUT2D eigenvalue weighted by Crippen LogP contribution is -2.08. The summed E-state index contributed by atoms with van der Waals surface area (Å²) in [4.78, 5) is 13.2. The molecule has 1 aliphatic carbocycles. The summed E-state index contributed by atoms with van der Waals surface area (Å²) in [5.74, 6) is 0. The lowest BCUT2D eigenvalue weighted by atomic mass is 9.90. The molecule has 0 N–H and O–H groups in total. The predicted molar refractivity (Wildman–Crippen MR) is 113 cm³/mol. The van der Waals surface area contributed by atoms with Gasteiger partial charge in [0.05, 0.1) is 22.9 Å². The standard InChI is InChI=1S/C25H22N2O2/c1-16-13-19(14-17-7-6-8-18(17)15-27)20(9-4-5-12-26)25-23(16)24(28)21-10-2-3-11-22(21)29-25/h2-3,10-11,13H,4-9,14H2,1H3. The summed E-state index contributed by atoms with van der Waals surface area (Å²) in [6.45, 7) is 1.95. The van der Waals surface area contributed by atoms with E-state index in [1.807, 2.05) is 25.1 Å². The first-order valence-corrected chi connectivity index (χ1v) is 10.1. The fourth-order valence-corrected chi connectivity index (χ4v) is 4.42. The Morgan fingerprint density at radius 2 is 2.00 bits per heavy atom. The normalized spacial score (nSPS) is 13.8. The van der Waals surface area contributed by atoms with Crippen molar-refractivity contribution in [3.8, 4) is 12.1 Å². The van der Waals surface area contributed by atoms with E-state index in [-0.39, 0.29) is 5.43 Å². The molecule has 0 fully saturated rings. The van der Waals surface area contributed by atoms with Crippen LogP contribution in [-0.4, -0.2) is 0 Å². The number of nitrogens with zero attached hydrogens (tertiary/aromatic N) is 2. The highest BCUT2D eigenvalue weighted by molar-refractivity contribution is 5.93. The molecule has 4 nitrogen and oxygen atoms in total. The van der Waals surface area contributed by atoms with Crippen LogP contribution in [0.4, 0.5) is 0 Å². The van der Waals surface area contributed by atoms with Gasteiger partial charge in [0.2, 0.25) is 5.43 Å². The molecule has 4 rings (SSSR count). The summed E-state index contributed by atoms with van der Waals surface area (Å²) in [5.41, 5.74) is 6.30. The Labute approximate surface area is 169 Å². The zero-order valence-electron chi connectivity index (χ0n) is 16.5. The molecule has 2 aromatic carbocycles. The Hall–Kier alpha value is -3.37. The van der Waals surface area contributed by atoms with Gasteiger partial charge in [-0.3, -0.25) is 4.79 Å². The number of unbranched alkanes of at least 4 members (excludes halogenated alkanes) is 1. The molecular weight excluding hydrogens is 360 g/mol. The molecule has 0 spiro atoms. The average Bonchev–Trinajstić information content (AvgIpc) is 3.17. The van der Waals surface area contributed by atoms with Gasteiger partial charge in [-0.2, -0.15) is 10.5 Å². The molecule has 0 saturated carbocycles. The molecule has 1 heterocycles. The van der Waals surface area contributed by atoms with Gasteiger partial charge in [0.1, 0.15) is 11.2 Å². The summed E-state index contributed by atoms with van der Waals surface area (Å²) >= 11 is 0. The third-order valence-corrected chi connectivity index (χ3v) is 5.83. The van der Waals surface area contributed by atoms with E-state index >= 15 is 0 Å². The highest BCUT2D eigenvalue weighted by Crippen LogP contribution is 2.33. The van der Waals surface area contributed by atoms with Crippen LogP contribution in [0.5, 0.6) is 0 Å². The van der Waals surface area contributed by atoms with Crippen molar-refractivity contribution in [2.45, 2.75) is 51.9 Å². The van der Waals surface area contributed by atoms with E-state index in [1.54, 1.807) is 6.07 Å². The first kappa shape index (κ1) is 19.0. The van der Waals surface area contributed by atoms with Crippen LogP contribution in [0.15, 0.2) is 50.7 Å². The molecule has 3 aromatic rings. The second-order valence-electron chi connectivity index (χ2n) is 7.70. The minimum absolute atomic E-state index is 0.00905. The zero-order chi connectivity index (χ0) is 20.4. The second kappa shape index (κ2) is 7.94. The average molecular weight is 382 g/mol. The minimum atomic E-state index is -0.00905. The number of hydrogen-bond acceptors (Lipinski definition) is 4. The molecule has 0 atom stereocenters. The van der Waals surface area contributed by atoms with Gasteiger partial charge in [0, 0.05) is 12.0 Å². The number of aryl methyl sites for hydroxylation is 2. The quantitative estimate of drug-likeness (QED) is 0.422. The fourth-order valence-electron chi connectivity index (χ4n) is 4.42. The Balaban J connectivity index is 1.96. The molecule has 1 aromatic heterocycles. The third kappa shape index (κ3) is 3.43. The molecule has 144 valence electrons. The highest BCUT2D eigenvalue weighted by atomic mass is 16.3. The van der Waals surface area contributed by atoms with Gasteiger partial charge >= 0.3 is 0 Å². The van der Waals surface area contributed by atoms with Crippen LogP contribution >= 0.6 is 0 Å². The van der Waals surface area contributed by atoms with Crippen molar-refractivity contribution in [1.29, 1.82) is 10.5 Å². The van der Waals surface area contributed by atoms with Crippen molar-refractivity contribution in [3.63, 3.8) is 0 Å². The SMILES string of the molecule is Cc1cc(CC2=C(C#N)CCC2)c(CCCC#N)c2oc3ccccc3c(=O)c12. The van der Waals surface area contributed by atoms with Crippen molar-refractivity contribution in [3.05, 3.63) is 68.4 Å². The van der Waals surface area contributed by atoms with Crippen LogP contribution in [0, 0.1) is 29.6 Å². The van der Waals surface area contributed by atoms with E-state index in [0.29, 0.717) is 47.6 Å². The van der Waals surface area contributed by atoms with Gasteiger partial charge in [0.15, 0.2) is 0 Å². The first-order valence-electron chi connectivity index (χ1n) is 10.1. The maximum absolute atomic E-state index is 13.2. The smallest absolute Gasteiger partial charge is 0.200 e. The number of nitriles is 2. The summed E-state index contributed by atoms with van der Waals surface area (Å²) in [7, 11) is 0. The molecule has 0 unspecified atom stereocenters. The van der Waals surface area contributed by atoms with Gasteiger partial charge in [-0.05, 0) is 74.3 Å². The van der Waals surface area contributed by atoms with Gasteiger partial charge in [0.25, 0.3) is 0 Å². The Bertz CT molecular complexity index is 1280. The van der Waals surface area contributed by atoms with Crippen LogP contribution in [-0.2, 0) is 12.8 Å². The highest BCUT2D eigenvalue weighted by Gasteiger charge is 2.20. The van der Waals surface area contributed by atoms with E-state index in [4.69, 9.17) is 9.68 Å². The molecule has 0 radical (unpaired) electrons. The van der Waals surface area contributed by atoms with Crippen LogP contribution < -0.4 is 5.43 Å².